The first-order valence-electron chi connectivity index (χ1n) is 8.94. The Morgan fingerprint density at radius 3 is 2.67 bits per heavy atom. The lowest BCUT2D eigenvalue weighted by atomic mass is 10.2. The lowest BCUT2D eigenvalue weighted by molar-refractivity contribution is -0.0422. The summed E-state index contributed by atoms with van der Waals surface area (Å²) < 4.78 is 36.4. The van der Waals surface area contributed by atoms with Crippen LogP contribution in [0.15, 0.2) is 36.4 Å². The summed E-state index contributed by atoms with van der Waals surface area (Å²) in [6, 6.07) is 8.17. The van der Waals surface area contributed by atoms with E-state index in [9.17, 15) is 19.1 Å². The molecular weight excluding hydrogens is 414 g/mol. The molecule has 0 aliphatic carbocycles. The molecule has 158 valence electrons. The van der Waals surface area contributed by atoms with Crippen molar-refractivity contribution in [1.82, 2.24) is 9.44 Å². The number of nitrogens with one attached hydrogen (secondary N) is 2. The monoisotopic (exact) mass is 434 g/mol. The maximum atomic E-state index is 13.8. The molecule has 7 nitrogen and oxygen atoms in total. The Labute approximate surface area is 175 Å². The highest BCUT2D eigenvalue weighted by molar-refractivity contribution is 7.11. The van der Waals surface area contributed by atoms with Crippen molar-refractivity contribution in [1.29, 1.82) is 5.41 Å². The van der Waals surface area contributed by atoms with Crippen molar-refractivity contribution in [2.75, 3.05) is 5.32 Å². The van der Waals surface area contributed by atoms with Crippen LogP contribution in [-0.2, 0) is 0 Å². The molecule has 3 rings (SSSR count). The summed E-state index contributed by atoms with van der Waals surface area (Å²) >= 11 is 0.935. The molecule has 0 amide bonds. The van der Waals surface area contributed by atoms with Crippen molar-refractivity contribution in [2.24, 2.45) is 0 Å². The number of rotatable bonds is 6. The highest BCUT2D eigenvalue weighted by atomic mass is 32.1. The summed E-state index contributed by atoms with van der Waals surface area (Å²) in [5.41, 5.74) is 1.39. The number of hydroxylamine groups is 2. The van der Waals surface area contributed by atoms with Gasteiger partial charge in [0.1, 0.15) is 16.3 Å². The van der Waals surface area contributed by atoms with E-state index in [1.54, 1.807) is 39.0 Å². The number of nitrogens with zero attached hydrogens (tertiary/aromatic N) is 2. The van der Waals surface area contributed by atoms with E-state index >= 15 is 0 Å². The third-order valence-electron chi connectivity index (χ3n) is 4.22. The molecule has 1 aromatic heterocycles. The van der Waals surface area contributed by atoms with E-state index in [1.165, 1.54) is 12.1 Å². The summed E-state index contributed by atoms with van der Waals surface area (Å²) in [5, 5.41) is 32.4. The minimum atomic E-state index is -1.07. The highest BCUT2D eigenvalue weighted by Crippen LogP contribution is 2.35. The standard InChI is InChI=1S/C20H20F2N4O3S/c1-10(2)26(28)18(23)16-19(27)25-30-20(16)24-14-8-7-12(9-11(14)3)29-15-6-4-5-13(21)17(15)22/h4-10,23-24,28H,1-3H3,(H,25,27). The molecule has 4 N–H and O–H groups in total. The van der Waals surface area contributed by atoms with Gasteiger partial charge in [0.2, 0.25) is 11.7 Å². The number of hydrogen-bond acceptors (Lipinski definition) is 7. The number of aryl methyl sites for hydroxylation is 1. The lowest BCUT2D eigenvalue weighted by Gasteiger charge is -2.21. The van der Waals surface area contributed by atoms with Crippen molar-refractivity contribution in [3.63, 3.8) is 0 Å². The first-order valence-corrected chi connectivity index (χ1v) is 9.71. The molecule has 0 fully saturated rings. The van der Waals surface area contributed by atoms with Crippen molar-refractivity contribution >= 4 is 28.1 Å². The topological polar surface area (TPSA) is 102 Å². The number of benzene rings is 2. The summed E-state index contributed by atoms with van der Waals surface area (Å²) in [6.45, 7) is 5.17. The number of halogens is 2. The maximum Gasteiger partial charge on any atom is 0.236 e. The molecule has 10 heteroatoms. The molecule has 1 heterocycles. The molecule has 0 aliphatic heterocycles. The molecule has 0 spiro atoms. The molecule has 0 aliphatic rings. The molecule has 0 bridgehead atoms. The van der Waals surface area contributed by atoms with Gasteiger partial charge in [0.15, 0.2) is 17.4 Å². The zero-order chi connectivity index (χ0) is 22.0. The molecule has 3 aromatic rings. The van der Waals surface area contributed by atoms with Crippen molar-refractivity contribution < 1.29 is 23.8 Å². The average molecular weight is 434 g/mol. The number of aromatic hydroxyl groups is 1. The van der Waals surface area contributed by atoms with E-state index in [1.807, 2.05) is 0 Å². The lowest BCUT2D eigenvalue weighted by Crippen LogP contribution is -2.33. The molecule has 2 aromatic carbocycles. The van der Waals surface area contributed by atoms with Crippen LogP contribution in [0, 0.1) is 24.0 Å². The molecule has 0 unspecified atom stereocenters. The van der Waals surface area contributed by atoms with Gasteiger partial charge in [0.05, 0.1) is 6.04 Å². The Kier molecular flexibility index (Phi) is 6.18. The SMILES string of the molecule is Cc1cc(Oc2cccc(F)c2F)ccc1Nc1snc(O)c1C(=N)N(O)C(C)C. The van der Waals surface area contributed by atoms with Gasteiger partial charge in [-0.3, -0.25) is 10.6 Å². The Morgan fingerprint density at radius 1 is 1.27 bits per heavy atom. The Balaban J connectivity index is 1.84. The van der Waals surface area contributed by atoms with Gasteiger partial charge in [0.25, 0.3) is 0 Å². The summed E-state index contributed by atoms with van der Waals surface area (Å²) in [5.74, 6) is -2.65. The van der Waals surface area contributed by atoms with Crippen LogP contribution in [0.2, 0.25) is 0 Å². The van der Waals surface area contributed by atoms with Crippen molar-refractivity contribution in [3.8, 4) is 17.4 Å². The van der Waals surface area contributed by atoms with Crippen LogP contribution in [0.5, 0.6) is 17.4 Å². The number of aromatic nitrogens is 1. The molecular formula is C20H20F2N4O3S. The van der Waals surface area contributed by atoms with Gasteiger partial charge < -0.3 is 15.2 Å². The first kappa shape index (κ1) is 21.5. The van der Waals surface area contributed by atoms with Crippen LogP contribution < -0.4 is 10.1 Å². The second-order valence-electron chi connectivity index (χ2n) is 6.75. The fourth-order valence-electron chi connectivity index (χ4n) is 2.61. The van der Waals surface area contributed by atoms with Crippen LogP contribution in [0.4, 0.5) is 19.5 Å². The van der Waals surface area contributed by atoms with Gasteiger partial charge in [-0.15, -0.1) is 0 Å². The number of amidine groups is 1. The van der Waals surface area contributed by atoms with Gasteiger partial charge in [-0.05, 0) is 68.2 Å². The minimum Gasteiger partial charge on any atom is -0.492 e. The third-order valence-corrected chi connectivity index (χ3v) is 4.97. The van der Waals surface area contributed by atoms with E-state index < -0.39 is 11.6 Å². The van der Waals surface area contributed by atoms with Gasteiger partial charge in [-0.1, -0.05) is 6.07 Å². The van der Waals surface area contributed by atoms with Crippen LogP contribution in [0.1, 0.15) is 25.0 Å². The number of ether oxygens (including phenoxy) is 1. The normalized spacial score (nSPS) is 10.9. The Morgan fingerprint density at radius 2 is 2.00 bits per heavy atom. The zero-order valence-electron chi connectivity index (χ0n) is 16.4. The highest BCUT2D eigenvalue weighted by Gasteiger charge is 2.24. The second kappa shape index (κ2) is 8.64. The summed E-state index contributed by atoms with van der Waals surface area (Å²) in [4.78, 5) is 0. The predicted octanol–water partition coefficient (Wildman–Crippen LogP) is 5.40. The smallest absolute Gasteiger partial charge is 0.236 e. The van der Waals surface area contributed by atoms with E-state index in [-0.39, 0.29) is 29.1 Å². The van der Waals surface area contributed by atoms with Gasteiger partial charge >= 0.3 is 0 Å². The maximum absolute atomic E-state index is 13.8. The molecule has 0 saturated heterocycles. The largest absolute Gasteiger partial charge is 0.492 e. The van der Waals surface area contributed by atoms with E-state index in [0.717, 1.165) is 22.7 Å². The molecule has 0 saturated carbocycles. The van der Waals surface area contributed by atoms with E-state index in [2.05, 4.69) is 9.69 Å². The van der Waals surface area contributed by atoms with Crippen molar-refractivity contribution in [2.45, 2.75) is 26.8 Å². The van der Waals surface area contributed by atoms with Gasteiger partial charge in [-0.2, -0.15) is 8.76 Å². The fraction of sp³-hybridized carbons (Fsp3) is 0.200. The predicted molar refractivity (Wildman–Crippen MR) is 110 cm³/mol. The Hall–Kier alpha value is -3.24. The average Bonchev–Trinajstić information content (AvgIpc) is 3.06. The van der Waals surface area contributed by atoms with E-state index in [4.69, 9.17) is 10.1 Å². The van der Waals surface area contributed by atoms with Gasteiger partial charge in [0, 0.05) is 5.69 Å². The number of anilines is 2. The molecule has 0 atom stereocenters. The minimum absolute atomic E-state index is 0.0674. The summed E-state index contributed by atoms with van der Waals surface area (Å²) in [6.07, 6.45) is 0. The van der Waals surface area contributed by atoms with Crippen LogP contribution >= 0.6 is 11.5 Å². The first-order chi connectivity index (χ1) is 14.2. The van der Waals surface area contributed by atoms with Crippen LogP contribution in [-0.4, -0.2) is 31.6 Å². The molecule has 30 heavy (non-hydrogen) atoms. The zero-order valence-corrected chi connectivity index (χ0v) is 17.2. The molecule has 0 radical (unpaired) electrons. The second-order valence-corrected chi connectivity index (χ2v) is 7.53. The summed E-state index contributed by atoms with van der Waals surface area (Å²) in [7, 11) is 0. The number of hydrogen-bond donors (Lipinski definition) is 4. The third kappa shape index (κ3) is 4.34. The Bertz CT molecular complexity index is 1090. The van der Waals surface area contributed by atoms with Crippen LogP contribution in [0.25, 0.3) is 0 Å². The van der Waals surface area contributed by atoms with Gasteiger partial charge in [-0.25, -0.2) is 9.45 Å². The quantitative estimate of drug-likeness (QED) is 0.236. The van der Waals surface area contributed by atoms with Crippen molar-refractivity contribution in [3.05, 3.63) is 59.2 Å². The van der Waals surface area contributed by atoms with Crippen LogP contribution in [0.3, 0.4) is 0 Å². The fourth-order valence-corrected chi connectivity index (χ4v) is 3.31. The van der Waals surface area contributed by atoms with E-state index in [0.29, 0.717) is 22.0 Å².